The van der Waals surface area contributed by atoms with Gasteiger partial charge in [0, 0.05) is 12.1 Å². The molecule has 154 valence electrons. The fourth-order valence-corrected chi connectivity index (χ4v) is 3.69. The molecule has 1 fully saturated rings. The van der Waals surface area contributed by atoms with E-state index in [1.54, 1.807) is 0 Å². The van der Waals surface area contributed by atoms with Gasteiger partial charge in [0.1, 0.15) is 22.9 Å². The van der Waals surface area contributed by atoms with Crippen LogP contribution >= 0.6 is 0 Å². The first kappa shape index (κ1) is 21.8. The maximum Gasteiger partial charge on any atom is 0.422 e. The highest BCUT2D eigenvalue weighted by Crippen LogP contribution is 2.38. The van der Waals surface area contributed by atoms with E-state index in [4.69, 9.17) is 0 Å². The number of alkyl halides is 5. The van der Waals surface area contributed by atoms with Crippen LogP contribution < -0.4 is 4.74 Å². The molecule has 8 heteroatoms. The first-order valence-electron chi connectivity index (χ1n) is 9.15. The van der Waals surface area contributed by atoms with Crippen molar-refractivity contribution in [1.29, 1.82) is 0 Å². The molecule has 1 aromatic carbocycles. The Bertz CT molecular complexity index is 596. The molecule has 0 saturated heterocycles. The highest BCUT2D eigenvalue weighted by molar-refractivity contribution is 5.32. The molecule has 0 heterocycles. The molecule has 0 N–H and O–H groups in total. The Kier molecular flexibility index (Phi) is 7.03. The Morgan fingerprint density at radius 1 is 0.889 bits per heavy atom. The summed E-state index contributed by atoms with van der Waals surface area (Å²) in [6.45, 7) is 2.11. The summed E-state index contributed by atoms with van der Waals surface area (Å²) in [5.41, 5.74) is -2.12. The zero-order chi connectivity index (χ0) is 20.2. The second kappa shape index (κ2) is 8.69. The fraction of sp³-hybridized carbons (Fsp3) is 0.684. The molecule has 1 aromatic rings. The molecular formula is C19H23F7O. The third-order valence-corrected chi connectivity index (χ3v) is 5.07. The van der Waals surface area contributed by atoms with Gasteiger partial charge in [0.15, 0.2) is 0 Å². The van der Waals surface area contributed by atoms with Crippen molar-refractivity contribution in [2.75, 3.05) is 0 Å². The number of ether oxygens (including phenoxy) is 1. The summed E-state index contributed by atoms with van der Waals surface area (Å²) in [7, 11) is 0. The van der Waals surface area contributed by atoms with Gasteiger partial charge in [-0.1, -0.05) is 45.4 Å². The van der Waals surface area contributed by atoms with Gasteiger partial charge < -0.3 is 4.74 Å². The van der Waals surface area contributed by atoms with Crippen LogP contribution in [0, 0.1) is 23.5 Å². The Labute approximate surface area is 153 Å². The maximum atomic E-state index is 14.0. The van der Waals surface area contributed by atoms with Crippen molar-refractivity contribution in [2.45, 2.75) is 70.6 Å². The van der Waals surface area contributed by atoms with Gasteiger partial charge in [-0.25, -0.2) is 8.78 Å². The molecule has 1 aliphatic carbocycles. The van der Waals surface area contributed by atoms with Crippen LogP contribution in [-0.2, 0) is 6.18 Å². The lowest BCUT2D eigenvalue weighted by molar-refractivity contribution is -0.183. The first-order chi connectivity index (χ1) is 12.5. The van der Waals surface area contributed by atoms with Gasteiger partial charge >= 0.3 is 12.3 Å². The van der Waals surface area contributed by atoms with Crippen LogP contribution in [0.25, 0.3) is 0 Å². The summed E-state index contributed by atoms with van der Waals surface area (Å²) < 4.78 is 96.7. The normalized spacial score (nSPS) is 21.3. The number of hydrogen-bond acceptors (Lipinski definition) is 1. The largest absolute Gasteiger partial charge is 0.432 e. The summed E-state index contributed by atoms with van der Waals surface area (Å²) in [5, 5.41) is 0. The molecule has 0 spiro atoms. The van der Waals surface area contributed by atoms with Crippen LogP contribution in [0.2, 0.25) is 0 Å². The van der Waals surface area contributed by atoms with E-state index in [1.807, 2.05) is 0 Å². The molecule has 0 aromatic heterocycles. The van der Waals surface area contributed by atoms with Gasteiger partial charge in [-0.2, -0.15) is 22.0 Å². The maximum absolute atomic E-state index is 14.0. The molecule has 0 unspecified atom stereocenters. The van der Waals surface area contributed by atoms with E-state index in [-0.39, 0.29) is 24.5 Å². The summed E-state index contributed by atoms with van der Waals surface area (Å²) in [4.78, 5) is 0. The highest BCUT2D eigenvalue weighted by atomic mass is 19.4. The smallest absolute Gasteiger partial charge is 0.422 e. The fourth-order valence-electron chi connectivity index (χ4n) is 3.69. The van der Waals surface area contributed by atoms with Crippen molar-refractivity contribution in [1.82, 2.24) is 0 Å². The monoisotopic (exact) mass is 400 g/mol. The Morgan fingerprint density at radius 2 is 1.37 bits per heavy atom. The molecule has 0 amide bonds. The minimum Gasteiger partial charge on any atom is -0.432 e. The lowest BCUT2D eigenvalue weighted by Gasteiger charge is -2.29. The van der Waals surface area contributed by atoms with Crippen molar-refractivity contribution < 1.29 is 35.5 Å². The third-order valence-electron chi connectivity index (χ3n) is 5.07. The second-order valence-electron chi connectivity index (χ2n) is 7.21. The molecule has 0 atom stereocenters. The van der Waals surface area contributed by atoms with Crippen LogP contribution in [0.4, 0.5) is 30.7 Å². The van der Waals surface area contributed by atoms with E-state index >= 15 is 0 Å². The van der Waals surface area contributed by atoms with Crippen LogP contribution in [0.5, 0.6) is 5.75 Å². The van der Waals surface area contributed by atoms with E-state index in [9.17, 15) is 30.7 Å². The second-order valence-corrected chi connectivity index (χ2v) is 7.21. The van der Waals surface area contributed by atoms with Crippen molar-refractivity contribution in [3.8, 4) is 5.75 Å². The summed E-state index contributed by atoms with van der Waals surface area (Å²) in [6.07, 6.45) is -3.49. The molecular weight excluding hydrogens is 377 g/mol. The molecule has 2 rings (SSSR count). The quantitative estimate of drug-likeness (QED) is 0.435. The lowest BCUT2D eigenvalue weighted by Crippen LogP contribution is -2.27. The standard InChI is InChI=1S/C19H23F7O/c1-2-3-12-4-6-13(7-5-12)8-9-18(22,23)27-14-10-15(20)17(16(21)11-14)19(24,25)26/h10-13H,2-9H2,1H3. The van der Waals surface area contributed by atoms with Crippen LogP contribution in [0.1, 0.15) is 63.9 Å². The number of halogens is 7. The summed E-state index contributed by atoms with van der Waals surface area (Å²) in [5.74, 6) is -4.16. The van der Waals surface area contributed by atoms with Crippen molar-refractivity contribution in [2.24, 2.45) is 11.8 Å². The Balaban J connectivity index is 1.93. The topological polar surface area (TPSA) is 9.23 Å². The summed E-state index contributed by atoms with van der Waals surface area (Å²) in [6, 6.07) is 0.269. The van der Waals surface area contributed by atoms with Gasteiger partial charge in [-0.15, -0.1) is 0 Å². The van der Waals surface area contributed by atoms with E-state index in [1.165, 1.54) is 0 Å². The summed E-state index contributed by atoms with van der Waals surface area (Å²) >= 11 is 0. The molecule has 1 saturated carbocycles. The molecule has 27 heavy (non-hydrogen) atoms. The molecule has 0 bridgehead atoms. The Hall–Kier alpha value is -1.47. The molecule has 1 nitrogen and oxygen atoms in total. The Morgan fingerprint density at radius 3 is 1.81 bits per heavy atom. The average Bonchev–Trinajstić information content (AvgIpc) is 2.52. The van der Waals surface area contributed by atoms with Gasteiger partial charge in [-0.05, 0) is 18.3 Å². The van der Waals surface area contributed by atoms with E-state index in [0.29, 0.717) is 5.92 Å². The zero-order valence-electron chi connectivity index (χ0n) is 15.0. The van der Waals surface area contributed by atoms with Gasteiger partial charge in [0.05, 0.1) is 6.42 Å². The minimum atomic E-state index is -5.26. The van der Waals surface area contributed by atoms with Crippen LogP contribution in [0.3, 0.4) is 0 Å². The van der Waals surface area contributed by atoms with E-state index in [2.05, 4.69) is 11.7 Å². The third kappa shape index (κ3) is 6.28. The van der Waals surface area contributed by atoms with Crippen molar-refractivity contribution in [3.63, 3.8) is 0 Å². The number of rotatable bonds is 7. The van der Waals surface area contributed by atoms with E-state index < -0.39 is 41.7 Å². The van der Waals surface area contributed by atoms with Gasteiger partial charge in [-0.3, -0.25) is 0 Å². The zero-order valence-corrected chi connectivity index (χ0v) is 15.0. The highest BCUT2D eigenvalue weighted by Gasteiger charge is 2.39. The number of hydrogen-bond donors (Lipinski definition) is 0. The molecule has 0 radical (unpaired) electrons. The first-order valence-corrected chi connectivity index (χ1v) is 9.15. The van der Waals surface area contributed by atoms with Crippen molar-refractivity contribution >= 4 is 0 Å². The van der Waals surface area contributed by atoms with Crippen LogP contribution in [0.15, 0.2) is 12.1 Å². The van der Waals surface area contributed by atoms with Gasteiger partial charge in [0.2, 0.25) is 0 Å². The van der Waals surface area contributed by atoms with Gasteiger partial charge in [0.25, 0.3) is 0 Å². The molecule has 0 aliphatic heterocycles. The number of benzene rings is 1. The SMILES string of the molecule is CCCC1CCC(CCC(F)(F)Oc2cc(F)c(C(F)(F)F)c(F)c2)CC1. The predicted molar refractivity (Wildman–Crippen MR) is 86.5 cm³/mol. The van der Waals surface area contributed by atoms with E-state index in [0.717, 1.165) is 38.5 Å². The molecule has 1 aliphatic rings. The van der Waals surface area contributed by atoms with Crippen LogP contribution in [-0.4, -0.2) is 6.11 Å². The minimum absolute atomic E-state index is 0.133. The predicted octanol–water partition coefficient (Wildman–Crippen LogP) is 7.34. The average molecular weight is 400 g/mol. The van der Waals surface area contributed by atoms with Crippen molar-refractivity contribution in [3.05, 3.63) is 29.3 Å². The lowest BCUT2D eigenvalue weighted by atomic mass is 9.78.